The fourth-order valence-corrected chi connectivity index (χ4v) is 3.01. The first-order chi connectivity index (χ1) is 13.5. The second-order valence-electron chi connectivity index (χ2n) is 6.97. The summed E-state index contributed by atoms with van der Waals surface area (Å²) in [4.78, 5) is 24.2. The summed E-state index contributed by atoms with van der Waals surface area (Å²) < 4.78 is 3.07. The van der Waals surface area contributed by atoms with Crippen LogP contribution in [-0.2, 0) is 6.54 Å². The summed E-state index contributed by atoms with van der Waals surface area (Å²) >= 11 is 0. The van der Waals surface area contributed by atoms with Crippen molar-refractivity contribution in [3.05, 3.63) is 63.5 Å². The first-order valence-corrected chi connectivity index (χ1v) is 9.25. The lowest BCUT2D eigenvalue weighted by atomic mass is 10.3. The molecule has 3 aromatic heterocycles. The van der Waals surface area contributed by atoms with Crippen molar-refractivity contribution in [3.8, 4) is 5.82 Å². The van der Waals surface area contributed by atoms with E-state index in [0.717, 1.165) is 29.9 Å². The minimum absolute atomic E-state index is 0.173. The van der Waals surface area contributed by atoms with Crippen molar-refractivity contribution in [2.45, 2.75) is 39.2 Å². The molecule has 0 aliphatic heterocycles. The molecule has 1 aliphatic rings. The summed E-state index contributed by atoms with van der Waals surface area (Å²) in [6.45, 7) is 4.42. The fraction of sp³-hybridized carbons (Fsp3) is 0.368. The summed E-state index contributed by atoms with van der Waals surface area (Å²) in [6, 6.07) is 8.57. The maximum Gasteiger partial charge on any atom is 0.271 e. The molecule has 0 spiro atoms. The van der Waals surface area contributed by atoms with Gasteiger partial charge in [-0.05, 0) is 51.0 Å². The number of amides is 1. The van der Waals surface area contributed by atoms with Gasteiger partial charge in [0, 0.05) is 24.2 Å². The number of carbonyl (C=O) groups is 1. The highest BCUT2D eigenvalue weighted by molar-refractivity contribution is 5.92. The monoisotopic (exact) mass is 379 g/mol. The number of rotatable bonds is 6. The van der Waals surface area contributed by atoms with Crippen LogP contribution >= 0.6 is 0 Å². The van der Waals surface area contributed by atoms with Gasteiger partial charge in [0.1, 0.15) is 0 Å². The third-order valence-electron chi connectivity index (χ3n) is 4.60. The fourth-order valence-electron chi connectivity index (χ4n) is 3.01. The minimum atomic E-state index is -0.348. The van der Waals surface area contributed by atoms with Crippen molar-refractivity contribution in [1.29, 1.82) is 0 Å². The van der Waals surface area contributed by atoms with E-state index < -0.39 is 0 Å². The predicted molar refractivity (Wildman–Crippen MR) is 101 cm³/mol. The van der Waals surface area contributed by atoms with Gasteiger partial charge in [0.05, 0.1) is 17.9 Å². The molecule has 0 saturated heterocycles. The number of carbonyl (C=O) groups excluding carboxylic acids is 1. The smallest absolute Gasteiger partial charge is 0.271 e. The number of aromatic nitrogens is 6. The first-order valence-electron chi connectivity index (χ1n) is 9.25. The molecule has 0 bridgehead atoms. The molecule has 1 saturated carbocycles. The van der Waals surface area contributed by atoms with Crippen LogP contribution in [-0.4, -0.2) is 42.2 Å². The van der Waals surface area contributed by atoms with Crippen molar-refractivity contribution in [3.63, 3.8) is 0 Å². The van der Waals surface area contributed by atoms with E-state index in [9.17, 15) is 9.59 Å². The Morgan fingerprint density at radius 1 is 1.14 bits per heavy atom. The van der Waals surface area contributed by atoms with E-state index in [1.165, 1.54) is 10.7 Å². The van der Waals surface area contributed by atoms with E-state index in [0.29, 0.717) is 18.3 Å². The largest absolute Gasteiger partial charge is 0.349 e. The Morgan fingerprint density at radius 3 is 2.61 bits per heavy atom. The maximum atomic E-state index is 12.3. The summed E-state index contributed by atoms with van der Waals surface area (Å²) in [7, 11) is 0. The molecule has 0 atom stereocenters. The molecule has 0 radical (unpaired) electrons. The topological polar surface area (TPSA) is 108 Å². The Bertz CT molecular complexity index is 1060. The van der Waals surface area contributed by atoms with Gasteiger partial charge in [-0.15, -0.1) is 10.2 Å². The van der Waals surface area contributed by atoms with Gasteiger partial charge in [-0.1, -0.05) is 0 Å². The molecule has 1 fully saturated rings. The quantitative estimate of drug-likeness (QED) is 0.688. The van der Waals surface area contributed by atoms with Crippen LogP contribution in [0.25, 0.3) is 5.82 Å². The van der Waals surface area contributed by atoms with E-state index in [2.05, 4.69) is 25.7 Å². The van der Waals surface area contributed by atoms with E-state index in [1.807, 2.05) is 19.9 Å². The Kier molecular flexibility index (Phi) is 4.72. The van der Waals surface area contributed by atoms with Crippen molar-refractivity contribution < 1.29 is 4.79 Å². The second-order valence-corrected chi connectivity index (χ2v) is 6.97. The van der Waals surface area contributed by atoms with Gasteiger partial charge >= 0.3 is 0 Å². The Balaban J connectivity index is 1.37. The van der Waals surface area contributed by atoms with Crippen LogP contribution in [0.5, 0.6) is 0 Å². The number of nitrogens with one attached hydrogen (secondary N) is 1. The summed E-state index contributed by atoms with van der Waals surface area (Å²) in [6.07, 6.45) is 2.24. The summed E-state index contributed by atoms with van der Waals surface area (Å²) in [5.41, 5.74) is 2.80. The standard InChI is InChI=1S/C19H21N7O2/c1-12-11-13(2)26(23-12)17-7-5-16(21-22-17)19(28)20-9-10-25-18(27)8-6-15(24-25)14-3-4-14/h5-8,11,14H,3-4,9-10H2,1-2H3,(H,20,28). The molecule has 9 nitrogen and oxygen atoms in total. The Hall–Kier alpha value is -3.36. The summed E-state index contributed by atoms with van der Waals surface area (Å²) in [5.74, 6) is 0.672. The number of hydrogen-bond donors (Lipinski definition) is 1. The third kappa shape index (κ3) is 3.83. The molecule has 0 unspecified atom stereocenters. The maximum absolute atomic E-state index is 12.3. The minimum Gasteiger partial charge on any atom is -0.349 e. The molecule has 28 heavy (non-hydrogen) atoms. The highest BCUT2D eigenvalue weighted by Crippen LogP contribution is 2.38. The Labute approximate surface area is 161 Å². The van der Waals surface area contributed by atoms with Crippen LogP contribution in [0.2, 0.25) is 0 Å². The van der Waals surface area contributed by atoms with Gasteiger partial charge < -0.3 is 5.32 Å². The summed E-state index contributed by atoms with van der Waals surface area (Å²) in [5, 5.41) is 19.5. The van der Waals surface area contributed by atoms with Crippen LogP contribution in [0.1, 0.15) is 46.3 Å². The zero-order chi connectivity index (χ0) is 19.7. The van der Waals surface area contributed by atoms with Crippen LogP contribution < -0.4 is 10.9 Å². The van der Waals surface area contributed by atoms with Crippen molar-refractivity contribution in [2.24, 2.45) is 0 Å². The molecule has 1 aliphatic carbocycles. The molecule has 9 heteroatoms. The SMILES string of the molecule is Cc1cc(C)n(-c2ccc(C(=O)NCCn3nc(C4CC4)ccc3=O)nn2)n1. The molecule has 4 rings (SSSR count). The average molecular weight is 379 g/mol. The van der Waals surface area contributed by atoms with Crippen LogP contribution in [0.15, 0.2) is 35.1 Å². The molecular formula is C19H21N7O2. The zero-order valence-corrected chi connectivity index (χ0v) is 15.8. The molecular weight excluding hydrogens is 358 g/mol. The molecule has 3 aromatic rings. The Morgan fingerprint density at radius 2 is 1.96 bits per heavy atom. The van der Waals surface area contributed by atoms with Gasteiger partial charge in [-0.2, -0.15) is 10.2 Å². The number of aryl methyl sites for hydroxylation is 2. The first kappa shape index (κ1) is 18.0. The second kappa shape index (κ2) is 7.34. The van der Waals surface area contributed by atoms with Crippen LogP contribution in [0.4, 0.5) is 0 Å². The number of nitrogens with zero attached hydrogens (tertiary/aromatic N) is 6. The average Bonchev–Trinajstić information content (AvgIpc) is 3.47. The van der Waals surface area contributed by atoms with Crippen molar-refractivity contribution >= 4 is 5.91 Å². The molecule has 3 heterocycles. The predicted octanol–water partition coefficient (Wildman–Crippen LogP) is 1.14. The van der Waals surface area contributed by atoms with Crippen LogP contribution in [0, 0.1) is 13.8 Å². The van der Waals surface area contributed by atoms with E-state index in [1.54, 1.807) is 22.9 Å². The lowest BCUT2D eigenvalue weighted by Crippen LogP contribution is -2.32. The van der Waals surface area contributed by atoms with Gasteiger partial charge in [0.25, 0.3) is 11.5 Å². The van der Waals surface area contributed by atoms with E-state index in [-0.39, 0.29) is 23.7 Å². The third-order valence-corrected chi connectivity index (χ3v) is 4.60. The lowest BCUT2D eigenvalue weighted by Gasteiger charge is -2.08. The van der Waals surface area contributed by atoms with Crippen LogP contribution in [0.3, 0.4) is 0 Å². The van der Waals surface area contributed by atoms with E-state index in [4.69, 9.17) is 0 Å². The molecule has 0 aromatic carbocycles. The van der Waals surface area contributed by atoms with Crippen molar-refractivity contribution in [1.82, 2.24) is 35.1 Å². The molecule has 1 amide bonds. The van der Waals surface area contributed by atoms with Gasteiger partial charge in [-0.25, -0.2) is 9.36 Å². The van der Waals surface area contributed by atoms with Gasteiger partial charge in [0.2, 0.25) is 0 Å². The highest BCUT2D eigenvalue weighted by Gasteiger charge is 2.25. The zero-order valence-electron chi connectivity index (χ0n) is 15.8. The number of hydrogen-bond acceptors (Lipinski definition) is 6. The van der Waals surface area contributed by atoms with E-state index >= 15 is 0 Å². The highest BCUT2D eigenvalue weighted by atomic mass is 16.2. The molecule has 1 N–H and O–H groups in total. The van der Waals surface area contributed by atoms with Gasteiger partial charge in [-0.3, -0.25) is 9.59 Å². The lowest BCUT2D eigenvalue weighted by molar-refractivity contribution is 0.0945. The normalized spacial score (nSPS) is 13.5. The molecule has 144 valence electrons. The van der Waals surface area contributed by atoms with Gasteiger partial charge in [0.15, 0.2) is 11.5 Å². The van der Waals surface area contributed by atoms with Crippen molar-refractivity contribution in [2.75, 3.05) is 6.54 Å².